The summed E-state index contributed by atoms with van der Waals surface area (Å²) in [5.74, 6) is -0.724. The van der Waals surface area contributed by atoms with Crippen molar-refractivity contribution in [3.63, 3.8) is 0 Å². The molecule has 19 heavy (non-hydrogen) atoms. The van der Waals surface area contributed by atoms with Gasteiger partial charge in [0.1, 0.15) is 5.82 Å². The fraction of sp³-hybridized carbons (Fsp3) is 0.462. The summed E-state index contributed by atoms with van der Waals surface area (Å²) < 4.78 is 18.8. The van der Waals surface area contributed by atoms with Gasteiger partial charge in [-0.3, -0.25) is 4.79 Å². The van der Waals surface area contributed by atoms with Crippen LogP contribution in [0.4, 0.5) is 4.39 Å². The zero-order valence-corrected chi connectivity index (χ0v) is 11.3. The second-order valence-electron chi connectivity index (χ2n) is 4.48. The maximum Gasteiger partial charge on any atom is 0.224 e. The minimum atomic E-state index is -0.463. The molecule has 6 heteroatoms. The average molecular weight is 287 g/mol. The summed E-state index contributed by atoms with van der Waals surface area (Å²) in [4.78, 5) is 11.9. The first kappa shape index (κ1) is 14.2. The first-order chi connectivity index (χ1) is 9.11. The molecule has 0 aliphatic carbocycles. The number of carbonyl (C=O) groups is 1. The summed E-state index contributed by atoms with van der Waals surface area (Å²) in [6.07, 6.45) is -0.127. The van der Waals surface area contributed by atoms with Gasteiger partial charge >= 0.3 is 0 Å². The normalized spacial score (nSPS) is 22.5. The monoisotopic (exact) mass is 286 g/mol. The van der Waals surface area contributed by atoms with Crippen molar-refractivity contribution in [3.8, 4) is 0 Å². The average Bonchev–Trinajstić information content (AvgIpc) is 2.81. The molecule has 4 nitrogen and oxygen atoms in total. The van der Waals surface area contributed by atoms with Gasteiger partial charge in [0.25, 0.3) is 0 Å². The zero-order chi connectivity index (χ0) is 13.8. The second-order valence-corrected chi connectivity index (χ2v) is 4.89. The third-order valence-corrected chi connectivity index (χ3v) is 3.56. The van der Waals surface area contributed by atoms with E-state index in [2.05, 4.69) is 10.6 Å². The molecule has 0 aromatic heterocycles. The van der Waals surface area contributed by atoms with E-state index in [0.29, 0.717) is 13.1 Å². The Morgan fingerprint density at radius 2 is 2.37 bits per heavy atom. The number of hydrogen-bond donors (Lipinski definition) is 2. The van der Waals surface area contributed by atoms with Crippen LogP contribution in [0.1, 0.15) is 5.56 Å². The number of nitrogens with one attached hydrogen (secondary N) is 2. The van der Waals surface area contributed by atoms with Crippen LogP contribution < -0.4 is 10.6 Å². The van der Waals surface area contributed by atoms with Crippen molar-refractivity contribution in [1.29, 1.82) is 0 Å². The van der Waals surface area contributed by atoms with Crippen molar-refractivity contribution in [2.24, 2.45) is 0 Å². The summed E-state index contributed by atoms with van der Waals surface area (Å²) >= 11 is 5.89. The van der Waals surface area contributed by atoms with Gasteiger partial charge in [-0.05, 0) is 12.1 Å². The van der Waals surface area contributed by atoms with Crippen LogP contribution in [0.5, 0.6) is 0 Å². The van der Waals surface area contributed by atoms with E-state index in [4.69, 9.17) is 16.3 Å². The van der Waals surface area contributed by atoms with Crippen molar-refractivity contribution in [1.82, 2.24) is 10.6 Å². The molecule has 1 fully saturated rings. The molecule has 1 aromatic carbocycles. The topological polar surface area (TPSA) is 50.4 Å². The van der Waals surface area contributed by atoms with Crippen LogP contribution in [0.3, 0.4) is 0 Å². The SMILES string of the molecule is CO[C@H]1CNCC1NC(=O)Cc1c(F)cccc1Cl. The Bertz CT molecular complexity index is 450. The van der Waals surface area contributed by atoms with Gasteiger partial charge in [0.2, 0.25) is 5.91 Å². The smallest absolute Gasteiger partial charge is 0.224 e. The van der Waals surface area contributed by atoms with E-state index in [9.17, 15) is 9.18 Å². The number of benzene rings is 1. The predicted octanol–water partition coefficient (Wildman–Crippen LogP) is 1.12. The largest absolute Gasteiger partial charge is 0.378 e. The third-order valence-electron chi connectivity index (χ3n) is 3.21. The van der Waals surface area contributed by atoms with Crippen LogP contribution in [0, 0.1) is 5.82 Å². The molecule has 0 radical (unpaired) electrons. The molecule has 2 N–H and O–H groups in total. The van der Waals surface area contributed by atoms with Crippen molar-refractivity contribution < 1.29 is 13.9 Å². The molecule has 1 heterocycles. The van der Waals surface area contributed by atoms with Crippen molar-refractivity contribution in [2.75, 3.05) is 20.2 Å². The molecule has 2 rings (SSSR count). The number of hydrogen-bond acceptors (Lipinski definition) is 3. The van der Waals surface area contributed by atoms with E-state index in [1.807, 2.05) is 0 Å². The number of ether oxygens (including phenoxy) is 1. The number of carbonyl (C=O) groups excluding carboxylic acids is 1. The molecule has 0 bridgehead atoms. The fourth-order valence-corrected chi connectivity index (χ4v) is 2.40. The third kappa shape index (κ3) is 3.43. The highest BCUT2D eigenvalue weighted by Crippen LogP contribution is 2.19. The molecule has 1 aromatic rings. The fourth-order valence-electron chi connectivity index (χ4n) is 2.17. The van der Waals surface area contributed by atoms with Gasteiger partial charge < -0.3 is 15.4 Å². The van der Waals surface area contributed by atoms with Crippen molar-refractivity contribution in [3.05, 3.63) is 34.6 Å². The quantitative estimate of drug-likeness (QED) is 0.872. The van der Waals surface area contributed by atoms with E-state index in [1.165, 1.54) is 12.1 Å². The highest BCUT2D eigenvalue weighted by Gasteiger charge is 2.28. The van der Waals surface area contributed by atoms with Crippen LogP contribution in [0.25, 0.3) is 0 Å². The number of methoxy groups -OCH3 is 1. The van der Waals surface area contributed by atoms with Gasteiger partial charge in [-0.1, -0.05) is 17.7 Å². The highest BCUT2D eigenvalue weighted by atomic mass is 35.5. The molecular formula is C13H16ClFN2O2. The lowest BCUT2D eigenvalue weighted by Gasteiger charge is -2.18. The Labute approximate surface area is 116 Å². The van der Waals surface area contributed by atoms with Crippen LogP contribution >= 0.6 is 11.6 Å². The van der Waals surface area contributed by atoms with Gasteiger partial charge in [0.05, 0.1) is 18.6 Å². The van der Waals surface area contributed by atoms with E-state index >= 15 is 0 Å². The maximum atomic E-state index is 13.6. The van der Waals surface area contributed by atoms with Crippen LogP contribution in [0.2, 0.25) is 5.02 Å². The number of rotatable bonds is 4. The lowest BCUT2D eigenvalue weighted by molar-refractivity contribution is -0.121. The lowest BCUT2D eigenvalue weighted by atomic mass is 10.1. The molecular weight excluding hydrogens is 271 g/mol. The summed E-state index contributed by atoms with van der Waals surface area (Å²) in [5.41, 5.74) is 0.224. The molecule has 1 amide bonds. The first-order valence-electron chi connectivity index (χ1n) is 6.07. The van der Waals surface area contributed by atoms with Crippen molar-refractivity contribution in [2.45, 2.75) is 18.6 Å². The maximum absolute atomic E-state index is 13.6. The van der Waals surface area contributed by atoms with Crippen LogP contribution in [0.15, 0.2) is 18.2 Å². The van der Waals surface area contributed by atoms with E-state index < -0.39 is 5.82 Å². The van der Waals surface area contributed by atoms with Gasteiger partial charge in [-0.25, -0.2) is 4.39 Å². The Kier molecular flexibility index (Phi) is 4.74. The van der Waals surface area contributed by atoms with Crippen molar-refractivity contribution >= 4 is 17.5 Å². The molecule has 1 aliphatic heterocycles. The van der Waals surface area contributed by atoms with E-state index in [0.717, 1.165) is 0 Å². The molecule has 1 aliphatic rings. The minimum absolute atomic E-state index is 0.0555. The first-order valence-corrected chi connectivity index (χ1v) is 6.45. The standard InChI is InChI=1S/C13H16ClFN2O2/c1-19-12-7-16-6-11(12)17-13(18)5-8-9(14)3-2-4-10(8)15/h2-4,11-12,16H,5-7H2,1H3,(H,17,18)/t11?,12-/m0/s1. The molecule has 0 saturated carbocycles. The Morgan fingerprint density at radius 1 is 1.58 bits per heavy atom. The minimum Gasteiger partial charge on any atom is -0.378 e. The zero-order valence-electron chi connectivity index (χ0n) is 10.6. The van der Waals surface area contributed by atoms with E-state index in [1.54, 1.807) is 13.2 Å². The summed E-state index contributed by atoms with van der Waals surface area (Å²) in [5, 5.41) is 6.22. The summed E-state index contributed by atoms with van der Waals surface area (Å²) in [7, 11) is 1.60. The van der Waals surface area contributed by atoms with Gasteiger partial charge in [-0.15, -0.1) is 0 Å². The second kappa shape index (κ2) is 6.32. The molecule has 2 atom stereocenters. The number of halogens is 2. The molecule has 1 unspecified atom stereocenters. The molecule has 0 spiro atoms. The van der Waals surface area contributed by atoms with Crippen LogP contribution in [-0.4, -0.2) is 38.3 Å². The van der Waals surface area contributed by atoms with Gasteiger partial charge in [-0.2, -0.15) is 0 Å². The molecule has 104 valence electrons. The van der Waals surface area contributed by atoms with E-state index in [-0.39, 0.29) is 35.1 Å². The highest BCUT2D eigenvalue weighted by molar-refractivity contribution is 6.31. The summed E-state index contributed by atoms with van der Waals surface area (Å²) in [6.45, 7) is 1.34. The summed E-state index contributed by atoms with van der Waals surface area (Å²) in [6, 6.07) is 4.29. The number of amides is 1. The molecule has 1 saturated heterocycles. The Morgan fingerprint density at radius 3 is 3.05 bits per heavy atom. The predicted molar refractivity (Wildman–Crippen MR) is 70.7 cm³/mol. The lowest BCUT2D eigenvalue weighted by Crippen LogP contribution is -2.44. The Hall–Kier alpha value is -1.17. The van der Waals surface area contributed by atoms with Gasteiger partial charge in [0, 0.05) is 30.8 Å². The van der Waals surface area contributed by atoms with Gasteiger partial charge in [0.15, 0.2) is 0 Å². The van der Waals surface area contributed by atoms with Crippen LogP contribution in [-0.2, 0) is 16.0 Å². The Balaban J connectivity index is 1.98.